The van der Waals surface area contributed by atoms with Crippen LogP contribution < -0.4 is 4.90 Å². The Morgan fingerprint density at radius 3 is 2.95 bits per heavy atom. The van der Waals surface area contributed by atoms with Crippen LogP contribution in [0.2, 0.25) is 0 Å². The molecule has 0 bridgehead atoms. The summed E-state index contributed by atoms with van der Waals surface area (Å²) in [6.07, 6.45) is -0.405. The van der Waals surface area contributed by atoms with Crippen LogP contribution in [0.4, 0.5) is 10.1 Å². The van der Waals surface area contributed by atoms with Crippen molar-refractivity contribution in [3.8, 4) is 6.07 Å². The van der Waals surface area contributed by atoms with E-state index in [1.165, 1.54) is 0 Å². The van der Waals surface area contributed by atoms with Gasteiger partial charge in [-0.15, -0.1) is 0 Å². The molecule has 2 atom stereocenters. The second-order valence-corrected chi connectivity index (χ2v) is 5.32. The fourth-order valence-corrected chi connectivity index (χ4v) is 2.64. The van der Waals surface area contributed by atoms with Crippen LogP contribution in [-0.4, -0.2) is 37.0 Å². The fraction of sp³-hybridized carbons (Fsp3) is 0.462. The summed E-state index contributed by atoms with van der Waals surface area (Å²) in [4.78, 5) is 1.83. The van der Waals surface area contributed by atoms with E-state index in [1.54, 1.807) is 12.1 Å². The van der Waals surface area contributed by atoms with E-state index >= 15 is 0 Å². The van der Waals surface area contributed by atoms with Gasteiger partial charge in [-0.05, 0) is 35.0 Å². The lowest BCUT2D eigenvalue weighted by Gasteiger charge is -2.37. The van der Waals surface area contributed by atoms with Gasteiger partial charge in [-0.25, -0.2) is 4.39 Å². The van der Waals surface area contributed by atoms with Gasteiger partial charge in [0, 0.05) is 13.1 Å². The molecule has 0 amide bonds. The third kappa shape index (κ3) is 2.89. The zero-order valence-corrected chi connectivity index (χ0v) is 12.0. The monoisotopic (exact) mass is 328 g/mol. The van der Waals surface area contributed by atoms with E-state index in [0.29, 0.717) is 18.8 Å². The lowest BCUT2D eigenvalue weighted by molar-refractivity contribution is -0.0422. The average molecular weight is 329 g/mol. The molecule has 1 fully saturated rings. The summed E-state index contributed by atoms with van der Waals surface area (Å²) in [6, 6.07) is 5.09. The third-order valence-corrected chi connectivity index (χ3v) is 3.83. The highest BCUT2D eigenvalue weighted by Gasteiger charge is 2.27. The first-order valence-electron chi connectivity index (χ1n) is 5.96. The van der Waals surface area contributed by atoms with Gasteiger partial charge in [0.25, 0.3) is 0 Å². The van der Waals surface area contributed by atoms with E-state index < -0.39 is 5.82 Å². The molecule has 1 aliphatic rings. The largest absolute Gasteiger partial charge is 0.394 e. The van der Waals surface area contributed by atoms with Gasteiger partial charge in [0.15, 0.2) is 5.82 Å². The first kappa shape index (κ1) is 14.3. The Morgan fingerprint density at radius 2 is 2.32 bits per heavy atom. The number of nitrogens with zero attached hydrogens (tertiary/aromatic N) is 2. The number of hydrogen-bond donors (Lipinski definition) is 1. The van der Waals surface area contributed by atoms with Crippen molar-refractivity contribution >= 4 is 21.6 Å². The zero-order valence-electron chi connectivity index (χ0n) is 10.4. The normalized spacial score (nSPS) is 23.2. The van der Waals surface area contributed by atoms with Gasteiger partial charge in [-0.2, -0.15) is 5.26 Å². The van der Waals surface area contributed by atoms with Gasteiger partial charge < -0.3 is 14.7 Å². The minimum atomic E-state index is -0.454. The molecule has 1 aromatic carbocycles. The highest BCUT2D eigenvalue weighted by atomic mass is 79.9. The van der Waals surface area contributed by atoms with Gasteiger partial charge >= 0.3 is 0 Å². The standard InChI is InChI=1S/C13H14BrFN2O2/c1-8-5-17(6-10(7-18)19-8)11-3-2-9(4-16)12(14)13(11)15/h2-3,8,10,18H,5-7H2,1H3. The van der Waals surface area contributed by atoms with Crippen molar-refractivity contribution < 1.29 is 14.2 Å². The Morgan fingerprint density at radius 1 is 1.58 bits per heavy atom. The van der Waals surface area contributed by atoms with Gasteiger partial charge in [0.1, 0.15) is 6.07 Å². The molecule has 4 nitrogen and oxygen atoms in total. The second kappa shape index (κ2) is 5.87. The maximum atomic E-state index is 14.2. The van der Waals surface area contributed by atoms with Crippen LogP contribution in [0.25, 0.3) is 0 Å². The molecule has 102 valence electrons. The maximum absolute atomic E-state index is 14.2. The third-order valence-electron chi connectivity index (χ3n) is 3.05. The molecule has 1 aromatic rings. The summed E-state index contributed by atoms with van der Waals surface area (Å²) in [5.41, 5.74) is 0.681. The molecule has 1 N–H and O–H groups in total. The van der Waals surface area contributed by atoms with E-state index in [1.807, 2.05) is 17.9 Å². The highest BCUT2D eigenvalue weighted by Crippen LogP contribution is 2.30. The highest BCUT2D eigenvalue weighted by molar-refractivity contribution is 9.10. The molecular weight excluding hydrogens is 315 g/mol. The van der Waals surface area contributed by atoms with Crippen molar-refractivity contribution in [1.82, 2.24) is 0 Å². The molecule has 0 aromatic heterocycles. The first-order valence-corrected chi connectivity index (χ1v) is 6.75. The Balaban J connectivity index is 2.32. The first-order chi connectivity index (χ1) is 9.06. The quantitative estimate of drug-likeness (QED) is 0.902. The number of morpholine rings is 1. The van der Waals surface area contributed by atoms with Crippen LogP contribution in [-0.2, 0) is 4.74 Å². The summed E-state index contributed by atoms with van der Waals surface area (Å²) in [6.45, 7) is 2.76. The molecule has 0 spiro atoms. The van der Waals surface area contributed by atoms with Gasteiger partial charge in [0.2, 0.25) is 0 Å². The van der Waals surface area contributed by atoms with E-state index in [4.69, 9.17) is 10.00 Å². The van der Waals surface area contributed by atoms with E-state index in [-0.39, 0.29) is 28.9 Å². The molecule has 1 aliphatic heterocycles. The lowest BCUT2D eigenvalue weighted by Crippen LogP contribution is -2.48. The van der Waals surface area contributed by atoms with E-state index in [9.17, 15) is 9.50 Å². The van der Waals surface area contributed by atoms with Gasteiger partial charge in [0.05, 0.1) is 34.5 Å². The van der Waals surface area contributed by atoms with Crippen molar-refractivity contribution in [3.63, 3.8) is 0 Å². The van der Waals surface area contributed by atoms with E-state index in [0.717, 1.165) is 0 Å². The molecule has 6 heteroatoms. The molecule has 0 saturated carbocycles. The van der Waals surface area contributed by atoms with Crippen molar-refractivity contribution in [2.45, 2.75) is 19.1 Å². The molecule has 0 radical (unpaired) electrons. The van der Waals surface area contributed by atoms with Gasteiger partial charge in [-0.1, -0.05) is 0 Å². The number of nitriles is 1. The van der Waals surface area contributed by atoms with Crippen molar-refractivity contribution in [1.29, 1.82) is 5.26 Å². The Labute approximate surface area is 119 Å². The minimum Gasteiger partial charge on any atom is -0.394 e. The summed E-state index contributed by atoms with van der Waals surface area (Å²) in [7, 11) is 0. The summed E-state index contributed by atoms with van der Waals surface area (Å²) in [5, 5.41) is 18.0. The number of hydrogen-bond acceptors (Lipinski definition) is 4. The number of ether oxygens (including phenoxy) is 1. The molecular formula is C13H14BrFN2O2. The predicted octanol–water partition coefficient (Wildman–Crippen LogP) is 2.05. The number of halogens is 2. The van der Waals surface area contributed by atoms with Crippen LogP contribution in [0.1, 0.15) is 12.5 Å². The summed E-state index contributed by atoms with van der Waals surface area (Å²) >= 11 is 3.10. The Hall–Kier alpha value is -1.16. The number of anilines is 1. The molecule has 2 rings (SSSR count). The maximum Gasteiger partial charge on any atom is 0.161 e. The topological polar surface area (TPSA) is 56.5 Å². The van der Waals surface area contributed by atoms with Crippen LogP contribution in [0.3, 0.4) is 0 Å². The number of aliphatic hydroxyl groups excluding tert-OH is 1. The van der Waals surface area contributed by atoms with Crippen molar-refractivity contribution in [3.05, 3.63) is 28.0 Å². The lowest BCUT2D eigenvalue weighted by atomic mass is 10.1. The molecule has 1 heterocycles. The number of rotatable bonds is 2. The average Bonchev–Trinajstić information content (AvgIpc) is 2.41. The molecule has 0 aliphatic carbocycles. The SMILES string of the molecule is CC1CN(c2ccc(C#N)c(Br)c2F)CC(CO)O1. The smallest absolute Gasteiger partial charge is 0.161 e. The fourth-order valence-electron chi connectivity index (χ4n) is 2.21. The minimum absolute atomic E-state index is 0.0836. The van der Waals surface area contributed by atoms with Crippen LogP contribution in [0.15, 0.2) is 16.6 Å². The number of benzene rings is 1. The molecule has 19 heavy (non-hydrogen) atoms. The summed E-state index contributed by atoms with van der Waals surface area (Å²) in [5.74, 6) is -0.454. The second-order valence-electron chi connectivity index (χ2n) is 4.53. The molecule has 2 unspecified atom stereocenters. The van der Waals surface area contributed by atoms with Gasteiger partial charge in [-0.3, -0.25) is 0 Å². The van der Waals surface area contributed by atoms with Crippen LogP contribution in [0.5, 0.6) is 0 Å². The van der Waals surface area contributed by atoms with Crippen molar-refractivity contribution in [2.24, 2.45) is 0 Å². The Bertz CT molecular complexity index is 518. The van der Waals surface area contributed by atoms with Crippen molar-refractivity contribution in [2.75, 3.05) is 24.6 Å². The van der Waals surface area contributed by atoms with Crippen LogP contribution >= 0.6 is 15.9 Å². The molecule has 1 saturated heterocycles. The van der Waals surface area contributed by atoms with Crippen LogP contribution in [0, 0.1) is 17.1 Å². The predicted molar refractivity (Wildman–Crippen MR) is 72.4 cm³/mol. The number of aliphatic hydroxyl groups is 1. The zero-order chi connectivity index (χ0) is 14.0. The van der Waals surface area contributed by atoms with E-state index in [2.05, 4.69) is 15.9 Å². The summed E-state index contributed by atoms with van der Waals surface area (Å²) < 4.78 is 19.9. The Kier molecular flexibility index (Phi) is 4.40.